The summed E-state index contributed by atoms with van der Waals surface area (Å²) >= 11 is 0. The fourth-order valence-electron chi connectivity index (χ4n) is 6.22. The van der Waals surface area contributed by atoms with Crippen LogP contribution in [0.4, 0.5) is 0 Å². The molecule has 4 aliphatic heterocycles. The van der Waals surface area contributed by atoms with Crippen LogP contribution in [-0.4, -0.2) is 40.3 Å². The van der Waals surface area contributed by atoms with E-state index in [9.17, 15) is 15.2 Å². The number of H-pyrrole nitrogens is 1. The van der Waals surface area contributed by atoms with E-state index in [4.69, 9.17) is 19.7 Å². The molecule has 0 fully saturated rings. The maximum atomic E-state index is 12.5. The molecule has 5 heterocycles. The molecule has 0 saturated heterocycles. The fourth-order valence-corrected chi connectivity index (χ4v) is 6.22. The van der Waals surface area contributed by atoms with Crippen LogP contribution in [0.25, 0.3) is 18.2 Å². The van der Waals surface area contributed by atoms with Gasteiger partial charge in [0.05, 0.1) is 53.8 Å². The number of aliphatic imine (C=N–C) groups is 3. The third-order valence-electron chi connectivity index (χ3n) is 8.60. The van der Waals surface area contributed by atoms with E-state index in [1.807, 2.05) is 45.1 Å². The summed E-state index contributed by atoms with van der Waals surface area (Å²) in [6.07, 6.45) is 10.4. The first-order chi connectivity index (χ1) is 20.2. The summed E-state index contributed by atoms with van der Waals surface area (Å²) in [6, 6.07) is 2.10. The van der Waals surface area contributed by atoms with Crippen molar-refractivity contribution in [2.75, 3.05) is 7.11 Å². The Morgan fingerprint density at radius 1 is 1.05 bits per heavy atom. The molecule has 0 unspecified atom stereocenters. The highest BCUT2D eigenvalue weighted by atomic mass is 16.5. The third-order valence-corrected chi connectivity index (χ3v) is 8.60. The van der Waals surface area contributed by atoms with Crippen molar-refractivity contribution >= 4 is 41.3 Å². The first kappa shape index (κ1) is 27.2. The largest absolute Gasteiger partial charge is 0.511 e. The number of carbonyl (C=O) groups is 1. The SMILES string of the molecule is CCC1=C(C)C2=NC1=CC1=C(C)C3=C(O)CC(=C4N=C(C=c5[nH]c(c(/C=C\C#N)c5C)=C2)C(C)=C4CC(=O)OC)C3=N1. The molecule has 1 aliphatic carbocycles. The lowest BCUT2D eigenvalue weighted by molar-refractivity contribution is -0.139. The summed E-state index contributed by atoms with van der Waals surface area (Å²) < 4.78 is 5.03. The molecule has 0 spiro atoms. The molecule has 0 atom stereocenters. The van der Waals surface area contributed by atoms with Gasteiger partial charge in [0.2, 0.25) is 0 Å². The van der Waals surface area contributed by atoms with Gasteiger partial charge in [0.1, 0.15) is 5.76 Å². The summed E-state index contributed by atoms with van der Waals surface area (Å²) in [4.78, 5) is 31.1. The molecule has 8 bridgehead atoms. The smallest absolute Gasteiger partial charge is 0.310 e. The highest BCUT2D eigenvalue weighted by Crippen LogP contribution is 2.44. The van der Waals surface area contributed by atoms with Gasteiger partial charge >= 0.3 is 5.97 Å². The lowest BCUT2D eigenvalue weighted by Gasteiger charge is -2.09. The van der Waals surface area contributed by atoms with Crippen molar-refractivity contribution in [3.8, 4) is 6.07 Å². The van der Waals surface area contributed by atoms with Crippen molar-refractivity contribution in [2.24, 2.45) is 15.0 Å². The number of aliphatic hydroxyl groups excluding tert-OH is 1. The van der Waals surface area contributed by atoms with Crippen molar-refractivity contribution < 1.29 is 14.6 Å². The monoisotopic (exact) mass is 557 g/mol. The Morgan fingerprint density at radius 3 is 2.48 bits per heavy atom. The Bertz CT molecular complexity index is 2000. The van der Waals surface area contributed by atoms with Crippen LogP contribution in [-0.2, 0) is 9.53 Å². The van der Waals surface area contributed by atoms with E-state index in [0.29, 0.717) is 17.1 Å². The van der Waals surface area contributed by atoms with Gasteiger partial charge in [-0.15, -0.1) is 0 Å². The second kappa shape index (κ2) is 10.1. The number of aliphatic hydroxyl groups is 1. The minimum Gasteiger partial charge on any atom is -0.511 e. The zero-order chi connectivity index (χ0) is 29.9. The Hall–Kier alpha value is -5.03. The number of fused-ring (bicyclic) bond motifs is 5. The Balaban J connectivity index is 1.71. The van der Waals surface area contributed by atoms with Crippen LogP contribution in [0.2, 0.25) is 0 Å². The standard InChI is InChI=1S/C34H31N5O3/c1-7-20-16(2)25-14-29-21(9-8-10-35)17(3)24(37-29)13-26-18(4)22(12-31(41)42-6)33(38-26)23-11-30(40)32-19(5)27(39-34(23)32)15-28(20)36-25/h8-9,13-15,37,40H,7,11-12H2,1-6H3/b9-8-,24-13?,28-15?,29-14?,33-23?. The molecule has 5 aliphatic rings. The van der Waals surface area contributed by atoms with Gasteiger partial charge in [-0.2, -0.15) is 5.26 Å². The molecule has 8 heteroatoms. The number of nitrogens with zero attached hydrogens (tertiary/aromatic N) is 4. The molecule has 0 saturated carbocycles. The first-order valence-corrected chi connectivity index (χ1v) is 14.0. The van der Waals surface area contributed by atoms with Crippen LogP contribution in [0.5, 0.6) is 0 Å². The quantitative estimate of drug-likeness (QED) is 0.398. The number of hydrogen-bond acceptors (Lipinski definition) is 7. The molecule has 1 aromatic rings. The average Bonchev–Trinajstić information content (AvgIpc) is 3.71. The van der Waals surface area contributed by atoms with Gasteiger partial charge in [0, 0.05) is 39.9 Å². The van der Waals surface area contributed by atoms with Crippen molar-refractivity contribution in [2.45, 2.75) is 53.9 Å². The van der Waals surface area contributed by atoms with E-state index >= 15 is 0 Å². The van der Waals surface area contributed by atoms with Gasteiger partial charge in [0.15, 0.2) is 0 Å². The van der Waals surface area contributed by atoms with Crippen molar-refractivity contribution in [3.63, 3.8) is 0 Å². The number of ether oxygens (including phenoxy) is 1. The first-order valence-electron chi connectivity index (χ1n) is 14.0. The zero-order valence-electron chi connectivity index (χ0n) is 24.6. The maximum absolute atomic E-state index is 12.5. The molecule has 0 aromatic carbocycles. The molecule has 6 rings (SSSR count). The van der Waals surface area contributed by atoms with E-state index in [2.05, 4.69) is 24.9 Å². The summed E-state index contributed by atoms with van der Waals surface area (Å²) in [5.74, 6) is -0.120. The maximum Gasteiger partial charge on any atom is 0.310 e. The molecule has 42 heavy (non-hydrogen) atoms. The van der Waals surface area contributed by atoms with Crippen molar-refractivity contribution in [1.82, 2.24) is 4.98 Å². The second-order valence-electron chi connectivity index (χ2n) is 10.9. The van der Waals surface area contributed by atoms with Gasteiger partial charge < -0.3 is 14.8 Å². The van der Waals surface area contributed by atoms with E-state index in [1.165, 1.54) is 13.2 Å². The van der Waals surface area contributed by atoms with Crippen LogP contribution in [0.1, 0.15) is 58.1 Å². The molecular weight excluding hydrogens is 526 g/mol. The number of nitrogens with one attached hydrogen (secondary N) is 1. The van der Waals surface area contributed by atoms with Gasteiger partial charge in [-0.3, -0.25) is 4.79 Å². The van der Waals surface area contributed by atoms with E-state index in [-0.39, 0.29) is 24.6 Å². The Kier molecular flexibility index (Phi) is 6.53. The molecule has 1 aromatic heterocycles. The summed E-state index contributed by atoms with van der Waals surface area (Å²) in [5, 5.41) is 22.1. The normalized spacial score (nSPS) is 19.4. The average molecular weight is 558 g/mol. The molecular formula is C34H31N5O3. The Morgan fingerprint density at radius 2 is 1.76 bits per heavy atom. The number of rotatable bonds is 4. The summed E-state index contributed by atoms with van der Waals surface area (Å²) in [6.45, 7) is 10.1. The number of methoxy groups -OCH3 is 1. The minimum atomic E-state index is -0.367. The van der Waals surface area contributed by atoms with Gasteiger partial charge in [0.25, 0.3) is 0 Å². The van der Waals surface area contributed by atoms with Crippen LogP contribution in [0.3, 0.4) is 0 Å². The number of aromatic amines is 1. The summed E-state index contributed by atoms with van der Waals surface area (Å²) in [7, 11) is 1.37. The second-order valence-corrected chi connectivity index (χ2v) is 10.9. The van der Waals surface area contributed by atoms with Crippen LogP contribution >= 0.6 is 0 Å². The van der Waals surface area contributed by atoms with Gasteiger partial charge in [-0.05, 0) is 91.8 Å². The fraction of sp³-hybridized carbons (Fsp3) is 0.265. The Labute approximate surface area is 244 Å². The number of nitriles is 1. The highest BCUT2D eigenvalue weighted by molar-refractivity contribution is 6.26. The number of esters is 1. The zero-order valence-corrected chi connectivity index (χ0v) is 24.6. The number of allylic oxidation sites excluding steroid dienone is 9. The predicted octanol–water partition coefficient (Wildman–Crippen LogP) is 5.03. The molecule has 210 valence electrons. The molecule has 0 radical (unpaired) electrons. The van der Waals surface area contributed by atoms with Crippen LogP contribution in [0, 0.1) is 18.3 Å². The number of aromatic nitrogens is 1. The molecule has 2 N–H and O–H groups in total. The number of carbonyl (C=O) groups excluding carboxylic acids is 1. The van der Waals surface area contributed by atoms with Crippen molar-refractivity contribution in [1.29, 1.82) is 5.26 Å². The predicted molar refractivity (Wildman–Crippen MR) is 165 cm³/mol. The lowest BCUT2D eigenvalue weighted by Crippen LogP contribution is -2.15. The highest BCUT2D eigenvalue weighted by Gasteiger charge is 2.37. The topological polar surface area (TPSA) is 123 Å². The van der Waals surface area contributed by atoms with E-state index in [1.54, 1.807) is 0 Å². The summed E-state index contributed by atoms with van der Waals surface area (Å²) in [5.41, 5.74) is 12.5. The third kappa shape index (κ3) is 4.12. The minimum absolute atomic E-state index is 0.0503. The number of hydrogen-bond donors (Lipinski definition) is 2. The van der Waals surface area contributed by atoms with E-state index < -0.39 is 0 Å². The molecule has 0 amide bonds. The lowest BCUT2D eigenvalue weighted by atomic mass is 9.97. The van der Waals surface area contributed by atoms with Gasteiger partial charge in [-0.1, -0.05) is 6.92 Å². The van der Waals surface area contributed by atoms with E-state index in [0.717, 1.165) is 84.4 Å². The van der Waals surface area contributed by atoms with Crippen LogP contribution in [0.15, 0.2) is 89.0 Å². The molecule has 8 nitrogen and oxygen atoms in total. The van der Waals surface area contributed by atoms with Gasteiger partial charge in [-0.25, -0.2) is 15.0 Å². The van der Waals surface area contributed by atoms with Crippen molar-refractivity contribution in [3.05, 3.63) is 95.8 Å². The van der Waals surface area contributed by atoms with Crippen LogP contribution < -0.4 is 10.7 Å².